The number of aromatic nitrogens is 4. The Morgan fingerprint density at radius 1 is 1.16 bits per heavy atom. The van der Waals surface area contributed by atoms with E-state index >= 15 is 0 Å². The molecule has 0 saturated carbocycles. The largest absolute Gasteiger partial charge is 0.356 e. The fraction of sp³-hybridized carbons (Fsp3) is 0.294. The third-order valence-electron chi connectivity index (χ3n) is 3.83. The van der Waals surface area contributed by atoms with Crippen LogP contribution in [-0.2, 0) is 14.1 Å². The normalized spacial score (nSPS) is 10.3. The van der Waals surface area contributed by atoms with Crippen molar-refractivity contribution >= 4 is 5.69 Å². The van der Waals surface area contributed by atoms with E-state index in [1.807, 2.05) is 39.2 Å². The Bertz CT molecular complexity index is 965. The molecule has 8 heteroatoms. The Labute approximate surface area is 145 Å². The van der Waals surface area contributed by atoms with Crippen molar-refractivity contribution in [1.82, 2.24) is 19.1 Å². The maximum atomic E-state index is 12.4. The van der Waals surface area contributed by atoms with Crippen LogP contribution >= 0.6 is 0 Å². The molecule has 0 atom stereocenters. The number of rotatable bonds is 3. The molecule has 0 N–H and O–H groups in total. The lowest BCUT2D eigenvalue weighted by atomic mass is 10.1. The predicted octanol–water partition coefficient (Wildman–Crippen LogP) is 2.82. The monoisotopic (exact) mass is 343 g/mol. The predicted molar refractivity (Wildman–Crippen MR) is 96.0 cm³/mol. The van der Waals surface area contributed by atoms with Gasteiger partial charge < -0.3 is 0 Å². The van der Waals surface area contributed by atoms with E-state index in [1.54, 1.807) is 37.0 Å². The number of nitro groups is 1. The maximum absolute atomic E-state index is 12.4. The lowest BCUT2D eigenvalue weighted by Crippen LogP contribution is -2.20. The van der Waals surface area contributed by atoms with Gasteiger partial charge in [0.2, 0.25) is 0 Å². The van der Waals surface area contributed by atoms with E-state index < -0.39 is 16.2 Å². The van der Waals surface area contributed by atoms with Crippen LogP contribution in [0.4, 0.5) is 5.69 Å². The Morgan fingerprint density at radius 3 is 2.36 bits per heavy atom. The van der Waals surface area contributed by atoms with Gasteiger partial charge in [-0.25, -0.2) is 4.68 Å². The molecule has 0 fully saturated rings. The van der Waals surface area contributed by atoms with Crippen molar-refractivity contribution in [3.63, 3.8) is 0 Å². The van der Waals surface area contributed by atoms with Gasteiger partial charge in [0.05, 0.1) is 16.8 Å². The average molecular weight is 343 g/mol. The van der Waals surface area contributed by atoms with Gasteiger partial charge in [-0.2, -0.15) is 5.10 Å². The van der Waals surface area contributed by atoms with Crippen molar-refractivity contribution in [2.45, 2.75) is 20.8 Å². The molecule has 3 aromatic rings. The zero-order chi connectivity index (χ0) is 18.7. The second-order valence-corrected chi connectivity index (χ2v) is 5.28. The van der Waals surface area contributed by atoms with E-state index in [4.69, 9.17) is 0 Å². The minimum atomic E-state index is -0.640. The van der Waals surface area contributed by atoms with Crippen molar-refractivity contribution in [3.8, 4) is 16.8 Å². The first kappa shape index (κ1) is 18.2. The van der Waals surface area contributed by atoms with Crippen LogP contribution in [0.3, 0.4) is 0 Å². The number of benzene rings is 1. The third kappa shape index (κ3) is 3.23. The maximum Gasteiger partial charge on any atom is 0.356 e. The molecule has 0 saturated heterocycles. The van der Waals surface area contributed by atoms with E-state index in [2.05, 4.69) is 5.10 Å². The molecule has 2 heterocycles. The molecule has 132 valence electrons. The topological polar surface area (TPSA) is 87.9 Å². The number of nitrogens with zero attached hydrogens (tertiary/aromatic N) is 5. The van der Waals surface area contributed by atoms with Gasteiger partial charge in [0.15, 0.2) is 0 Å². The minimum Gasteiger partial charge on any atom is -0.278 e. The van der Waals surface area contributed by atoms with Gasteiger partial charge in [-0.3, -0.25) is 24.3 Å². The zero-order valence-corrected chi connectivity index (χ0v) is 14.9. The summed E-state index contributed by atoms with van der Waals surface area (Å²) in [4.78, 5) is 22.8. The molecule has 0 aliphatic rings. The summed E-state index contributed by atoms with van der Waals surface area (Å²) in [7, 11) is 3.45. The number of hydrogen-bond donors (Lipinski definition) is 0. The van der Waals surface area contributed by atoms with Gasteiger partial charge in [-0.15, -0.1) is 0 Å². The molecule has 0 amide bonds. The Morgan fingerprint density at radius 2 is 1.84 bits per heavy atom. The first-order valence-electron chi connectivity index (χ1n) is 7.92. The Hall–Kier alpha value is -3.16. The van der Waals surface area contributed by atoms with Crippen LogP contribution in [0, 0.1) is 17.0 Å². The summed E-state index contributed by atoms with van der Waals surface area (Å²) < 4.78 is 4.47. The molecule has 0 aliphatic heterocycles. The van der Waals surface area contributed by atoms with Gasteiger partial charge in [-0.05, 0) is 24.6 Å². The molecule has 0 aliphatic carbocycles. The van der Waals surface area contributed by atoms with Gasteiger partial charge in [-0.1, -0.05) is 26.0 Å². The lowest BCUT2D eigenvalue weighted by molar-refractivity contribution is -0.386. The van der Waals surface area contributed by atoms with Crippen molar-refractivity contribution in [2.75, 3.05) is 0 Å². The molecule has 0 unspecified atom stereocenters. The lowest BCUT2D eigenvalue weighted by Gasteiger charge is -2.08. The first-order valence-corrected chi connectivity index (χ1v) is 7.92. The van der Waals surface area contributed by atoms with E-state index in [0.29, 0.717) is 11.4 Å². The van der Waals surface area contributed by atoms with Crippen LogP contribution in [0.15, 0.2) is 41.5 Å². The zero-order valence-electron chi connectivity index (χ0n) is 14.9. The van der Waals surface area contributed by atoms with Gasteiger partial charge in [0.25, 0.3) is 0 Å². The van der Waals surface area contributed by atoms with Crippen LogP contribution in [0.5, 0.6) is 0 Å². The highest BCUT2D eigenvalue weighted by atomic mass is 16.6. The van der Waals surface area contributed by atoms with Gasteiger partial charge >= 0.3 is 11.2 Å². The fourth-order valence-corrected chi connectivity index (χ4v) is 2.58. The highest BCUT2D eigenvalue weighted by Gasteiger charge is 2.25. The van der Waals surface area contributed by atoms with Crippen molar-refractivity contribution < 1.29 is 4.92 Å². The summed E-state index contributed by atoms with van der Waals surface area (Å²) in [5, 5.41) is 15.2. The minimum absolute atomic E-state index is 0.312. The molecule has 0 bridgehead atoms. The molecular weight excluding hydrogens is 322 g/mol. The van der Waals surface area contributed by atoms with Crippen molar-refractivity contribution in [3.05, 3.63) is 62.8 Å². The molecule has 25 heavy (non-hydrogen) atoms. The number of aryl methyl sites for hydroxylation is 1. The van der Waals surface area contributed by atoms with E-state index in [0.717, 1.165) is 11.1 Å². The molecule has 8 nitrogen and oxygen atoms in total. The molecule has 0 spiro atoms. The molecule has 0 radical (unpaired) electrons. The van der Waals surface area contributed by atoms with Crippen LogP contribution in [0.2, 0.25) is 0 Å². The van der Waals surface area contributed by atoms with Crippen LogP contribution < -0.4 is 5.56 Å². The summed E-state index contributed by atoms with van der Waals surface area (Å²) in [5.41, 5.74) is 1.62. The summed E-state index contributed by atoms with van der Waals surface area (Å²) in [6.45, 7) is 5.56. The third-order valence-corrected chi connectivity index (χ3v) is 3.83. The molecular formula is C17H21N5O3. The van der Waals surface area contributed by atoms with Gasteiger partial charge in [0, 0.05) is 25.9 Å². The second kappa shape index (κ2) is 7.16. The smallest absolute Gasteiger partial charge is 0.278 e. The van der Waals surface area contributed by atoms with Gasteiger partial charge in [0.1, 0.15) is 5.69 Å². The Kier molecular flexibility index (Phi) is 5.21. The standard InChI is InChI=1S/C15H15N5O3.C2H6/c1-10-14(20(22)23)15(21)19(18(10)3)13-6-4-5-11(7-13)12-8-16-17(2)9-12;1-2/h4-9H,1-3H3;1-2H3. The first-order chi connectivity index (χ1) is 11.9. The quantitative estimate of drug-likeness (QED) is 0.540. The number of hydrogen-bond acceptors (Lipinski definition) is 4. The molecule has 1 aromatic carbocycles. The summed E-state index contributed by atoms with van der Waals surface area (Å²) in [5.74, 6) is 0. The highest BCUT2D eigenvalue weighted by molar-refractivity contribution is 5.64. The van der Waals surface area contributed by atoms with Crippen molar-refractivity contribution in [1.29, 1.82) is 0 Å². The van der Waals surface area contributed by atoms with Crippen molar-refractivity contribution in [2.24, 2.45) is 14.1 Å². The van der Waals surface area contributed by atoms with E-state index in [1.165, 1.54) is 9.36 Å². The van der Waals surface area contributed by atoms with Crippen LogP contribution in [0.1, 0.15) is 19.5 Å². The van der Waals surface area contributed by atoms with E-state index in [-0.39, 0.29) is 0 Å². The second-order valence-electron chi connectivity index (χ2n) is 5.28. The van der Waals surface area contributed by atoms with E-state index in [9.17, 15) is 14.9 Å². The average Bonchev–Trinajstić information content (AvgIpc) is 3.12. The molecule has 2 aromatic heterocycles. The van der Waals surface area contributed by atoms with Crippen LogP contribution in [-0.4, -0.2) is 24.1 Å². The molecule has 3 rings (SSSR count). The Balaban J connectivity index is 0.00000109. The fourth-order valence-electron chi connectivity index (χ4n) is 2.58. The summed E-state index contributed by atoms with van der Waals surface area (Å²) in [6.07, 6.45) is 3.58. The van der Waals surface area contributed by atoms with Crippen LogP contribution in [0.25, 0.3) is 16.8 Å². The SMILES string of the molecule is CC.Cc1c([N+](=O)[O-])c(=O)n(-c2cccc(-c3cnn(C)c3)c2)n1C. The highest BCUT2D eigenvalue weighted by Crippen LogP contribution is 2.22. The summed E-state index contributed by atoms with van der Waals surface area (Å²) in [6, 6.07) is 7.25. The summed E-state index contributed by atoms with van der Waals surface area (Å²) >= 11 is 0.